The van der Waals surface area contributed by atoms with Gasteiger partial charge < -0.3 is 16.0 Å². The molecule has 180 valence electrons. The normalized spacial score (nSPS) is 15.7. The Hall–Kier alpha value is -3.97. The van der Waals surface area contributed by atoms with Crippen molar-refractivity contribution in [2.24, 2.45) is 0 Å². The van der Waals surface area contributed by atoms with Crippen LogP contribution in [-0.2, 0) is 11.3 Å². The number of fused-ring (bicyclic) bond motifs is 2. The molecular weight excluding hydrogens is 453 g/mol. The number of carbonyl (C=O) groups is 1. The average molecular weight is 476 g/mol. The molecular formula is C20H23F3N10O. The molecule has 0 radical (unpaired) electrons. The number of hydrogen-bond acceptors (Lipinski definition) is 8. The molecule has 5 rings (SSSR count). The number of hydrogen-bond donors (Lipinski definition) is 2. The molecule has 3 N–H and O–H groups in total. The molecule has 1 fully saturated rings. The van der Waals surface area contributed by atoms with E-state index in [1.807, 2.05) is 0 Å². The number of nitrogens with two attached hydrogens (primary N) is 1. The van der Waals surface area contributed by atoms with Crippen LogP contribution in [0.1, 0.15) is 13.3 Å². The molecule has 14 heteroatoms. The lowest BCUT2D eigenvalue weighted by molar-refractivity contribution is -0.127. The summed E-state index contributed by atoms with van der Waals surface area (Å²) in [4.78, 5) is 20.7. The number of halogens is 3. The Morgan fingerprint density at radius 2 is 2.09 bits per heavy atom. The third-order valence-electron chi connectivity index (χ3n) is 5.29. The zero-order chi connectivity index (χ0) is 24.4. The van der Waals surface area contributed by atoms with E-state index in [1.54, 1.807) is 36.0 Å². The number of nitrogen functional groups attached to an aromatic ring is 1. The van der Waals surface area contributed by atoms with Crippen molar-refractivity contribution in [1.29, 1.82) is 0 Å². The van der Waals surface area contributed by atoms with Gasteiger partial charge in [0.05, 0.1) is 12.2 Å². The fourth-order valence-corrected chi connectivity index (χ4v) is 3.68. The molecule has 1 atom stereocenters. The number of carbonyl (C=O) groups excluding carboxylic acids is 1. The smallest absolute Gasteiger partial charge is 0.258 e. The van der Waals surface area contributed by atoms with Crippen LogP contribution in [0.15, 0.2) is 24.4 Å². The fourth-order valence-electron chi connectivity index (χ4n) is 3.68. The number of anilines is 2. The van der Waals surface area contributed by atoms with Gasteiger partial charge in [-0.05, 0) is 24.6 Å². The molecule has 1 amide bonds. The number of amides is 1. The summed E-state index contributed by atoms with van der Waals surface area (Å²) in [7, 11) is 1.72. The highest BCUT2D eigenvalue weighted by atomic mass is 19.3. The summed E-state index contributed by atoms with van der Waals surface area (Å²) >= 11 is 0. The minimum atomic E-state index is -2.54. The lowest BCUT2D eigenvalue weighted by Crippen LogP contribution is -2.25. The van der Waals surface area contributed by atoms with Gasteiger partial charge in [0.1, 0.15) is 23.7 Å². The minimum Gasteiger partial charge on any atom is -0.371 e. The Bertz CT molecular complexity index is 1320. The first-order chi connectivity index (χ1) is 16.3. The predicted molar refractivity (Wildman–Crippen MR) is 119 cm³/mol. The van der Waals surface area contributed by atoms with Crippen molar-refractivity contribution in [1.82, 2.24) is 39.5 Å². The number of rotatable bonds is 4. The second kappa shape index (κ2) is 9.49. The van der Waals surface area contributed by atoms with Crippen LogP contribution in [0.25, 0.3) is 27.9 Å². The fraction of sp³-hybridized carbons (Fsp3) is 0.400. The standard InChI is InChI=1S/C14H13F2N9.C6H10FNO/c1-18-12-11-7(4-5-24(11)22-14(17)20-12)8-2-3-9-13(19-8)25(23-21-9)6-10(15)16;1-5(9)8-3-2-6(7)4-8/h2-5,10H,6H2,1H3,(H3,17,18,20,22);6H,2-4H2,1H3/t;6-/m.1/s1. The number of nitrogens with one attached hydrogen (secondary N) is 1. The molecule has 0 aliphatic carbocycles. The molecule has 0 aromatic carbocycles. The molecule has 4 aromatic rings. The van der Waals surface area contributed by atoms with Crippen LogP contribution >= 0.6 is 0 Å². The van der Waals surface area contributed by atoms with E-state index in [-0.39, 0.29) is 11.9 Å². The Morgan fingerprint density at radius 3 is 2.71 bits per heavy atom. The van der Waals surface area contributed by atoms with Gasteiger partial charge in [-0.3, -0.25) is 4.79 Å². The first kappa shape index (κ1) is 23.2. The SMILES string of the molecule is CC(=O)N1CC[C@@H](F)C1.CNc1nc(N)nn2ccc(-c3ccc4nnn(CC(F)F)c4n3)c12. The van der Waals surface area contributed by atoms with E-state index < -0.39 is 19.1 Å². The summed E-state index contributed by atoms with van der Waals surface area (Å²) in [6.07, 6.45) is -1.09. The van der Waals surface area contributed by atoms with Crippen LogP contribution in [0.2, 0.25) is 0 Å². The molecule has 5 heterocycles. The van der Waals surface area contributed by atoms with Crippen LogP contribution in [0.3, 0.4) is 0 Å². The van der Waals surface area contributed by atoms with Gasteiger partial charge in [0.15, 0.2) is 11.5 Å². The highest BCUT2D eigenvalue weighted by Gasteiger charge is 2.23. The topological polar surface area (TPSA) is 132 Å². The van der Waals surface area contributed by atoms with Crippen LogP contribution in [0.5, 0.6) is 0 Å². The number of pyridine rings is 1. The molecule has 1 saturated heterocycles. The maximum Gasteiger partial charge on any atom is 0.258 e. The van der Waals surface area contributed by atoms with Crippen molar-refractivity contribution >= 4 is 34.4 Å². The third kappa shape index (κ3) is 4.70. The largest absolute Gasteiger partial charge is 0.371 e. The Morgan fingerprint density at radius 1 is 1.29 bits per heavy atom. The van der Waals surface area contributed by atoms with Crippen molar-refractivity contribution in [3.63, 3.8) is 0 Å². The van der Waals surface area contributed by atoms with E-state index in [0.29, 0.717) is 47.7 Å². The Labute approximate surface area is 191 Å². The van der Waals surface area contributed by atoms with Gasteiger partial charge in [-0.25, -0.2) is 27.4 Å². The van der Waals surface area contributed by atoms with Gasteiger partial charge in [-0.15, -0.1) is 10.2 Å². The quantitative estimate of drug-likeness (QED) is 0.457. The van der Waals surface area contributed by atoms with E-state index in [2.05, 4.69) is 30.7 Å². The summed E-state index contributed by atoms with van der Waals surface area (Å²) < 4.78 is 40.4. The van der Waals surface area contributed by atoms with E-state index in [9.17, 15) is 18.0 Å². The number of nitrogens with zero attached hydrogens (tertiary/aromatic N) is 8. The zero-order valence-electron chi connectivity index (χ0n) is 18.5. The maximum absolute atomic E-state index is 12.7. The van der Waals surface area contributed by atoms with Crippen LogP contribution in [0.4, 0.5) is 24.9 Å². The summed E-state index contributed by atoms with van der Waals surface area (Å²) in [6, 6.07) is 5.24. The average Bonchev–Trinajstić information content (AvgIpc) is 3.52. The molecule has 0 saturated carbocycles. The number of aromatic nitrogens is 7. The maximum atomic E-state index is 12.7. The van der Waals surface area contributed by atoms with Crippen molar-refractivity contribution in [3.8, 4) is 11.3 Å². The van der Waals surface area contributed by atoms with Crippen LogP contribution < -0.4 is 11.1 Å². The summed E-state index contributed by atoms with van der Waals surface area (Å²) in [6.45, 7) is 1.80. The Balaban J connectivity index is 0.000000257. The van der Waals surface area contributed by atoms with E-state index in [1.165, 1.54) is 11.8 Å². The molecule has 1 aliphatic rings. The molecule has 0 bridgehead atoms. The third-order valence-corrected chi connectivity index (χ3v) is 5.29. The van der Waals surface area contributed by atoms with E-state index >= 15 is 0 Å². The van der Waals surface area contributed by atoms with Crippen molar-refractivity contribution in [3.05, 3.63) is 24.4 Å². The number of likely N-dealkylation sites (tertiary alicyclic amines) is 1. The summed E-state index contributed by atoms with van der Waals surface area (Å²) in [5.41, 5.74) is 8.40. The van der Waals surface area contributed by atoms with E-state index in [0.717, 1.165) is 10.2 Å². The Kier molecular flexibility index (Phi) is 6.47. The molecule has 4 aromatic heterocycles. The first-order valence-corrected chi connectivity index (χ1v) is 10.5. The second-order valence-corrected chi connectivity index (χ2v) is 7.64. The molecule has 0 spiro atoms. The van der Waals surface area contributed by atoms with Gasteiger partial charge in [0.25, 0.3) is 6.43 Å². The number of alkyl halides is 3. The minimum absolute atomic E-state index is 0.0184. The molecule has 0 unspecified atom stereocenters. The highest BCUT2D eigenvalue weighted by molar-refractivity contribution is 5.89. The van der Waals surface area contributed by atoms with Gasteiger partial charge in [-0.1, -0.05) is 5.21 Å². The van der Waals surface area contributed by atoms with Crippen LogP contribution in [-0.4, -0.2) is 78.1 Å². The summed E-state index contributed by atoms with van der Waals surface area (Å²) in [5.74, 6) is 0.644. The highest BCUT2D eigenvalue weighted by Crippen LogP contribution is 2.29. The van der Waals surface area contributed by atoms with Gasteiger partial charge in [0.2, 0.25) is 11.9 Å². The zero-order valence-corrected chi connectivity index (χ0v) is 18.5. The summed E-state index contributed by atoms with van der Waals surface area (Å²) in [5, 5.41) is 14.7. The van der Waals surface area contributed by atoms with E-state index in [4.69, 9.17) is 5.73 Å². The van der Waals surface area contributed by atoms with Gasteiger partial charge in [0, 0.05) is 32.3 Å². The lowest BCUT2D eigenvalue weighted by atomic mass is 10.2. The van der Waals surface area contributed by atoms with Gasteiger partial charge in [-0.2, -0.15) is 4.98 Å². The molecule has 11 nitrogen and oxygen atoms in total. The van der Waals surface area contributed by atoms with Crippen LogP contribution in [0, 0.1) is 0 Å². The second-order valence-electron chi connectivity index (χ2n) is 7.64. The molecule has 1 aliphatic heterocycles. The van der Waals surface area contributed by atoms with Crippen molar-refractivity contribution < 1.29 is 18.0 Å². The first-order valence-electron chi connectivity index (χ1n) is 10.5. The predicted octanol–water partition coefficient (Wildman–Crippen LogP) is 2.00. The van der Waals surface area contributed by atoms with Gasteiger partial charge >= 0.3 is 0 Å². The molecule has 34 heavy (non-hydrogen) atoms. The monoisotopic (exact) mass is 476 g/mol. The lowest BCUT2D eigenvalue weighted by Gasteiger charge is -2.10. The van der Waals surface area contributed by atoms with Crippen molar-refractivity contribution in [2.75, 3.05) is 31.2 Å². The van der Waals surface area contributed by atoms with Crippen molar-refractivity contribution in [2.45, 2.75) is 32.5 Å².